The summed E-state index contributed by atoms with van der Waals surface area (Å²) in [6.07, 6.45) is 0. The van der Waals surface area contributed by atoms with Gasteiger partial charge in [-0.05, 0) is 35.2 Å². The van der Waals surface area contributed by atoms with Crippen LogP contribution in [0.1, 0.15) is 36.5 Å². The highest BCUT2D eigenvalue weighted by atomic mass is 32.2. The zero-order valence-electron chi connectivity index (χ0n) is 19.7. The topological polar surface area (TPSA) is 92.8 Å². The summed E-state index contributed by atoms with van der Waals surface area (Å²) in [5.74, 6) is -1.10. The van der Waals surface area contributed by atoms with Crippen LogP contribution in [0.5, 0.6) is 0 Å². The van der Waals surface area contributed by atoms with Gasteiger partial charge in [-0.3, -0.25) is 4.79 Å². The number of amides is 1. The van der Waals surface area contributed by atoms with Crippen molar-refractivity contribution in [2.24, 2.45) is 0 Å². The van der Waals surface area contributed by atoms with Crippen LogP contribution in [0, 0.1) is 0 Å². The first-order valence-electron chi connectivity index (χ1n) is 11.1. The molecule has 3 aromatic carbocycles. The molecule has 0 saturated heterocycles. The van der Waals surface area contributed by atoms with Crippen molar-refractivity contribution in [3.05, 3.63) is 101 Å². The average Bonchev–Trinajstić information content (AvgIpc) is 2.86. The molecule has 0 atom stereocenters. The normalized spacial score (nSPS) is 14.5. The van der Waals surface area contributed by atoms with Crippen molar-refractivity contribution in [2.45, 2.75) is 24.7 Å². The largest absolute Gasteiger partial charge is 0.464 e. The third-order valence-electron chi connectivity index (χ3n) is 5.80. The van der Waals surface area contributed by atoms with Crippen LogP contribution in [0.25, 0.3) is 5.57 Å². The van der Waals surface area contributed by atoms with Crippen molar-refractivity contribution in [2.75, 3.05) is 19.0 Å². The van der Waals surface area contributed by atoms with Crippen molar-refractivity contribution in [3.8, 4) is 0 Å². The fourth-order valence-electron chi connectivity index (χ4n) is 4.03. The summed E-state index contributed by atoms with van der Waals surface area (Å²) in [7, 11) is -3.04. The third-order valence-corrected chi connectivity index (χ3v) is 7.60. The smallest absolute Gasteiger partial charge is 0.356 e. The second-order valence-corrected chi connectivity index (χ2v) is 10.2. The molecule has 0 aromatic heterocycles. The van der Waals surface area contributed by atoms with E-state index in [0.29, 0.717) is 28.3 Å². The standard InChI is InChI=1S/C27H26N2O5S/c1-18(2)19-13-15-21(16-14-19)28-24(30)17-29-26(27(31)34-3)25(20-9-5-4-6-10-20)22-11-7-8-12-23(22)35(29,32)33/h4-16,18H,17H2,1-3H3,(H,28,30). The van der Waals surface area contributed by atoms with Crippen LogP contribution in [-0.4, -0.2) is 38.3 Å². The van der Waals surface area contributed by atoms with E-state index in [4.69, 9.17) is 4.74 Å². The van der Waals surface area contributed by atoms with Gasteiger partial charge in [-0.2, -0.15) is 0 Å². The Labute approximate surface area is 205 Å². The van der Waals surface area contributed by atoms with Gasteiger partial charge in [0.25, 0.3) is 10.0 Å². The van der Waals surface area contributed by atoms with Gasteiger partial charge in [0.15, 0.2) is 0 Å². The van der Waals surface area contributed by atoms with Crippen LogP contribution in [0.15, 0.2) is 89.5 Å². The number of anilines is 1. The van der Waals surface area contributed by atoms with E-state index >= 15 is 0 Å². The van der Waals surface area contributed by atoms with Crippen LogP contribution < -0.4 is 5.32 Å². The van der Waals surface area contributed by atoms with Crippen molar-refractivity contribution in [1.82, 2.24) is 4.31 Å². The Balaban J connectivity index is 1.80. The van der Waals surface area contributed by atoms with Gasteiger partial charge in [-0.15, -0.1) is 0 Å². The zero-order chi connectivity index (χ0) is 25.2. The SMILES string of the molecule is COC(=O)C1=C(c2ccccc2)c2ccccc2S(=O)(=O)N1CC(=O)Nc1ccc(C(C)C)cc1. The minimum Gasteiger partial charge on any atom is -0.464 e. The molecule has 1 aliphatic heterocycles. The van der Waals surface area contributed by atoms with E-state index in [1.54, 1.807) is 54.6 Å². The molecule has 1 N–H and O–H groups in total. The Morgan fingerprint density at radius 2 is 1.54 bits per heavy atom. The minimum atomic E-state index is -4.22. The Morgan fingerprint density at radius 3 is 2.17 bits per heavy atom. The number of hydrogen-bond donors (Lipinski definition) is 1. The Bertz CT molecular complexity index is 1390. The van der Waals surface area contributed by atoms with Gasteiger partial charge in [-0.1, -0.05) is 74.5 Å². The number of carbonyl (C=O) groups is 2. The molecule has 3 aromatic rings. The maximum absolute atomic E-state index is 13.6. The van der Waals surface area contributed by atoms with E-state index in [1.807, 2.05) is 18.2 Å². The number of rotatable bonds is 6. The molecular formula is C27H26N2O5S. The number of nitrogens with zero attached hydrogens (tertiary/aromatic N) is 1. The molecule has 4 rings (SSSR count). The lowest BCUT2D eigenvalue weighted by Gasteiger charge is -2.32. The minimum absolute atomic E-state index is 0.0144. The van der Waals surface area contributed by atoms with Gasteiger partial charge in [0, 0.05) is 16.8 Å². The monoisotopic (exact) mass is 490 g/mol. The van der Waals surface area contributed by atoms with Crippen LogP contribution in [0.3, 0.4) is 0 Å². The first-order chi connectivity index (χ1) is 16.7. The highest BCUT2D eigenvalue weighted by Crippen LogP contribution is 2.40. The van der Waals surface area contributed by atoms with Crippen LogP contribution in [0.4, 0.5) is 5.69 Å². The van der Waals surface area contributed by atoms with E-state index in [9.17, 15) is 18.0 Å². The van der Waals surface area contributed by atoms with Crippen LogP contribution in [-0.2, 0) is 24.3 Å². The molecule has 0 fully saturated rings. The van der Waals surface area contributed by atoms with Gasteiger partial charge in [0.1, 0.15) is 12.2 Å². The first kappa shape index (κ1) is 24.2. The maximum Gasteiger partial charge on any atom is 0.356 e. The average molecular weight is 491 g/mol. The molecule has 1 heterocycles. The molecule has 7 nitrogen and oxygen atoms in total. The predicted octanol–water partition coefficient (Wildman–Crippen LogP) is 4.39. The van der Waals surface area contributed by atoms with Crippen molar-refractivity contribution >= 4 is 33.2 Å². The number of fused-ring (bicyclic) bond motifs is 1. The summed E-state index contributed by atoms with van der Waals surface area (Å²) in [6.45, 7) is 3.54. The molecule has 35 heavy (non-hydrogen) atoms. The second kappa shape index (κ2) is 9.76. The number of hydrogen-bond acceptors (Lipinski definition) is 5. The predicted molar refractivity (Wildman–Crippen MR) is 134 cm³/mol. The van der Waals surface area contributed by atoms with Gasteiger partial charge >= 0.3 is 5.97 Å². The summed E-state index contributed by atoms with van der Waals surface area (Å²) in [6, 6.07) is 22.7. The van der Waals surface area contributed by atoms with Crippen LogP contribution >= 0.6 is 0 Å². The molecule has 0 saturated carbocycles. The molecule has 0 unspecified atom stereocenters. The highest BCUT2D eigenvalue weighted by molar-refractivity contribution is 7.89. The van der Waals surface area contributed by atoms with Gasteiger partial charge in [-0.25, -0.2) is 17.5 Å². The lowest BCUT2D eigenvalue weighted by molar-refractivity contribution is -0.137. The fraction of sp³-hybridized carbons (Fsp3) is 0.185. The Hall–Kier alpha value is -3.91. The van der Waals surface area contributed by atoms with Gasteiger partial charge in [0.05, 0.1) is 12.0 Å². The van der Waals surface area contributed by atoms with Crippen molar-refractivity contribution in [1.29, 1.82) is 0 Å². The summed E-state index contributed by atoms with van der Waals surface area (Å²) in [5.41, 5.74) is 2.83. The number of benzene rings is 3. The second-order valence-electron chi connectivity index (χ2n) is 8.41. The Kier molecular flexibility index (Phi) is 6.75. The number of sulfonamides is 1. The molecule has 1 aliphatic rings. The molecule has 0 spiro atoms. The van der Waals surface area contributed by atoms with E-state index in [0.717, 1.165) is 9.87 Å². The number of ether oxygens (including phenoxy) is 1. The molecule has 0 bridgehead atoms. The van der Waals surface area contributed by atoms with E-state index < -0.39 is 28.4 Å². The number of carbonyl (C=O) groups excluding carboxylic acids is 2. The molecule has 0 aliphatic carbocycles. The molecule has 0 radical (unpaired) electrons. The lowest BCUT2D eigenvalue weighted by atomic mass is 9.95. The van der Waals surface area contributed by atoms with Crippen molar-refractivity contribution in [3.63, 3.8) is 0 Å². The van der Waals surface area contributed by atoms with Gasteiger partial charge in [0.2, 0.25) is 5.91 Å². The van der Waals surface area contributed by atoms with E-state index in [-0.39, 0.29) is 10.6 Å². The Morgan fingerprint density at radius 1 is 0.914 bits per heavy atom. The number of esters is 1. The fourth-order valence-corrected chi connectivity index (χ4v) is 5.66. The summed E-state index contributed by atoms with van der Waals surface area (Å²) in [4.78, 5) is 26.0. The summed E-state index contributed by atoms with van der Waals surface area (Å²) >= 11 is 0. The summed E-state index contributed by atoms with van der Waals surface area (Å²) in [5, 5.41) is 2.73. The van der Waals surface area contributed by atoms with Crippen molar-refractivity contribution < 1.29 is 22.7 Å². The quantitative estimate of drug-likeness (QED) is 0.518. The number of nitrogens with one attached hydrogen (secondary N) is 1. The molecule has 180 valence electrons. The maximum atomic E-state index is 13.6. The van der Waals surface area contributed by atoms with Crippen LogP contribution in [0.2, 0.25) is 0 Å². The first-order valence-corrected chi connectivity index (χ1v) is 12.6. The van der Waals surface area contributed by atoms with Gasteiger partial charge < -0.3 is 10.1 Å². The molecule has 1 amide bonds. The van der Waals surface area contributed by atoms with E-state index in [2.05, 4.69) is 19.2 Å². The highest BCUT2D eigenvalue weighted by Gasteiger charge is 2.41. The molecular weight excluding hydrogens is 464 g/mol. The number of methoxy groups -OCH3 is 1. The van der Waals surface area contributed by atoms with E-state index in [1.165, 1.54) is 13.2 Å². The third kappa shape index (κ3) is 4.70. The zero-order valence-corrected chi connectivity index (χ0v) is 20.5. The molecule has 8 heteroatoms. The lowest BCUT2D eigenvalue weighted by Crippen LogP contribution is -2.43. The summed E-state index contributed by atoms with van der Waals surface area (Å²) < 4.78 is 33.1.